The molecule has 0 rings (SSSR count). The fourth-order valence-electron chi connectivity index (χ4n) is 0.545. The smallest absolute Gasteiger partial charge is 0.345 e. The van der Waals surface area contributed by atoms with Crippen LogP contribution in [0.5, 0.6) is 0 Å². The van der Waals surface area contributed by atoms with Gasteiger partial charge in [0.05, 0.1) is 13.0 Å². The van der Waals surface area contributed by atoms with Crippen LogP contribution in [0.25, 0.3) is 0 Å². The van der Waals surface area contributed by atoms with Crippen LogP contribution in [0.4, 0.5) is 0 Å². The number of esters is 1. The zero-order valence-electron chi connectivity index (χ0n) is 6.60. The molecule has 1 atom stereocenters. The highest BCUT2D eigenvalue weighted by Crippen LogP contribution is 1.99. The molecular formula is C6H9NO6. The Kier molecular flexibility index (Phi) is 4.45. The molecule has 1 unspecified atom stereocenters. The first-order valence-corrected chi connectivity index (χ1v) is 3.31. The Morgan fingerprint density at radius 1 is 1.31 bits per heavy atom. The zero-order chi connectivity index (χ0) is 10.4. The quantitative estimate of drug-likeness (QED) is 0.447. The number of hydrogen-bond donors (Lipinski definition) is 3. The van der Waals surface area contributed by atoms with Crippen LogP contribution < -0.4 is 5.73 Å². The minimum Gasteiger partial charge on any atom is -0.481 e. The summed E-state index contributed by atoms with van der Waals surface area (Å²) >= 11 is 0. The van der Waals surface area contributed by atoms with Crippen molar-refractivity contribution in [3.05, 3.63) is 0 Å². The van der Waals surface area contributed by atoms with Crippen molar-refractivity contribution in [1.82, 2.24) is 0 Å². The molecule has 7 heteroatoms. The van der Waals surface area contributed by atoms with E-state index in [4.69, 9.17) is 15.9 Å². The lowest BCUT2D eigenvalue weighted by Gasteiger charge is -2.09. The van der Waals surface area contributed by atoms with Crippen molar-refractivity contribution in [2.75, 3.05) is 6.54 Å². The summed E-state index contributed by atoms with van der Waals surface area (Å²) < 4.78 is 4.23. The van der Waals surface area contributed by atoms with Crippen LogP contribution in [0.15, 0.2) is 0 Å². The predicted octanol–water partition coefficient (Wildman–Crippen LogP) is -1.58. The second-order valence-electron chi connectivity index (χ2n) is 2.12. The van der Waals surface area contributed by atoms with E-state index in [0.29, 0.717) is 0 Å². The molecule has 0 aliphatic carbocycles. The van der Waals surface area contributed by atoms with Gasteiger partial charge < -0.3 is 20.7 Å². The first kappa shape index (κ1) is 11.4. The minimum atomic E-state index is -1.67. The highest BCUT2D eigenvalue weighted by molar-refractivity contribution is 5.83. The summed E-state index contributed by atoms with van der Waals surface area (Å²) in [5.41, 5.74) is 4.84. The van der Waals surface area contributed by atoms with E-state index >= 15 is 0 Å². The lowest BCUT2D eigenvalue weighted by Crippen LogP contribution is -2.32. The molecular weight excluding hydrogens is 182 g/mol. The van der Waals surface area contributed by atoms with E-state index in [1.54, 1.807) is 0 Å². The average Bonchev–Trinajstić information content (AvgIpc) is 2.02. The van der Waals surface area contributed by atoms with Crippen molar-refractivity contribution >= 4 is 17.9 Å². The third-order valence-electron chi connectivity index (χ3n) is 1.08. The van der Waals surface area contributed by atoms with E-state index < -0.39 is 37.0 Å². The first-order valence-electron chi connectivity index (χ1n) is 3.31. The molecule has 0 aromatic carbocycles. The molecule has 0 aliphatic heterocycles. The summed E-state index contributed by atoms with van der Waals surface area (Å²) in [6, 6.07) is 0. The van der Waals surface area contributed by atoms with Crippen molar-refractivity contribution in [3.8, 4) is 0 Å². The molecule has 0 spiro atoms. The maximum Gasteiger partial charge on any atom is 0.345 e. The fraction of sp³-hybridized carbons (Fsp3) is 0.500. The minimum absolute atomic E-state index is 0.483. The van der Waals surface area contributed by atoms with E-state index in [1.807, 2.05) is 0 Å². The normalized spacial score (nSPS) is 11.8. The van der Waals surface area contributed by atoms with Gasteiger partial charge >= 0.3 is 17.9 Å². The van der Waals surface area contributed by atoms with Crippen LogP contribution in [0.1, 0.15) is 6.42 Å². The van der Waals surface area contributed by atoms with Gasteiger partial charge in [-0.2, -0.15) is 0 Å². The topological polar surface area (TPSA) is 127 Å². The van der Waals surface area contributed by atoms with Crippen LogP contribution in [-0.2, 0) is 19.1 Å². The number of carboxylic acid groups (broad SMARTS) is 2. The number of ether oxygens (including phenoxy) is 1. The molecule has 0 fully saturated rings. The van der Waals surface area contributed by atoms with Gasteiger partial charge in [-0.05, 0) is 0 Å². The maximum absolute atomic E-state index is 10.5. The predicted molar refractivity (Wildman–Crippen MR) is 38.8 cm³/mol. The second-order valence-corrected chi connectivity index (χ2v) is 2.12. The number of carbonyl (C=O) groups is 3. The number of nitrogens with two attached hydrogens (primary N) is 1. The molecule has 0 saturated heterocycles. The second kappa shape index (κ2) is 5.09. The van der Waals surface area contributed by atoms with Gasteiger partial charge in [-0.1, -0.05) is 0 Å². The summed E-state index contributed by atoms with van der Waals surface area (Å²) in [6.07, 6.45) is -2.45. The molecule has 0 aromatic rings. The Balaban J connectivity index is 4.18. The number of carboxylic acids is 2. The van der Waals surface area contributed by atoms with Gasteiger partial charge in [-0.3, -0.25) is 9.59 Å². The van der Waals surface area contributed by atoms with Gasteiger partial charge in [0.15, 0.2) is 0 Å². The molecule has 0 bridgehead atoms. The third-order valence-corrected chi connectivity index (χ3v) is 1.08. The summed E-state index contributed by atoms with van der Waals surface area (Å²) in [5, 5.41) is 16.6. The fourth-order valence-corrected chi connectivity index (χ4v) is 0.545. The highest BCUT2D eigenvalue weighted by atomic mass is 16.6. The van der Waals surface area contributed by atoms with Crippen molar-refractivity contribution in [2.24, 2.45) is 5.73 Å². The standard InChI is InChI=1S/C6H9NO6/c7-2-5(10)13-3(6(11)12)1-4(8)9/h3H,1-2,7H2,(H,8,9)(H,11,12). The van der Waals surface area contributed by atoms with Gasteiger partial charge in [0.25, 0.3) is 0 Å². The SMILES string of the molecule is NCC(=O)OC(CC(=O)O)C(=O)O. The molecule has 0 saturated carbocycles. The number of carbonyl (C=O) groups excluding carboxylic acids is 1. The highest BCUT2D eigenvalue weighted by Gasteiger charge is 2.24. The van der Waals surface area contributed by atoms with E-state index in [1.165, 1.54) is 0 Å². The number of hydrogen-bond acceptors (Lipinski definition) is 5. The molecule has 74 valence electrons. The molecule has 0 aliphatic rings. The number of rotatable bonds is 5. The lowest BCUT2D eigenvalue weighted by molar-refractivity contribution is -0.166. The first-order chi connectivity index (χ1) is 5.97. The average molecular weight is 191 g/mol. The van der Waals surface area contributed by atoms with Gasteiger partial charge in [0.1, 0.15) is 0 Å². The van der Waals surface area contributed by atoms with Gasteiger partial charge in [-0.15, -0.1) is 0 Å². The summed E-state index contributed by atoms with van der Waals surface area (Å²) in [7, 11) is 0. The molecule has 4 N–H and O–H groups in total. The Morgan fingerprint density at radius 2 is 1.85 bits per heavy atom. The van der Waals surface area contributed by atoms with E-state index in [0.717, 1.165) is 0 Å². The van der Waals surface area contributed by atoms with Crippen LogP contribution in [0.2, 0.25) is 0 Å². The zero-order valence-corrected chi connectivity index (χ0v) is 6.60. The monoisotopic (exact) mass is 191 g/mol. The molecule has 0 aromatic heterocycles. The molecule has 7 nitrogen and oxygen atoms in total. The molecule has 13 heavy (non-hydrogen) atoms. The largest absolute Gasteiger partial charge is 0.481 e. The Bertz CT molecular complexity index is 225. The molecule has 0 amide bonds. The van der Waals surface area contributed by atoms with E-state index in [2.05, 4.69) is 4.74 Å². The summed E-state index contributed by atoms with van der Waals surface area (Å²) in [5.74, 6) is -3.82. The van der Waals surface area contributed by atoms with Crippen molar-refractivity contribution in [2.45, 2.75) is 12.5 Å². The van der Waals surface area contributed by atoms with E-state index in [9.17, 15) is 14.4 Å². The Morgan fingerprint density at radius 3 is 2.15 bits per heavy atom. The van der Waals surface area contributed by atoms with Crippen molar-refractivity contribution in [3.63, 3.8) is 0 Å². The number of aliphatic carboxylic acids is 2. The van der Waals surface area contributed by atoms with Gasteiger partial charge in [0, 0.05) is 0 Å². The molecule has 0 radical (unpaired) electrons. The van der Waals surface area contributed by atoms with E-state index in [-0.39, 0.29) is 0 Å². The third kappa shape index (κ3) is 4.75. The maximum atomic E-state index is 10.5. The van der Waals surface area contributed by atoms with Crippen molar-refractivity contribution < 1.29 is 29.3 Å². The Labute approximate surface area is 73.1 Å². The summed E-state index contributed by atoms with van der Waals surface area (Å²) in [6.45, 7) is -0.483. The van der Waals surface area contributed by atoms with Gasteiger partial charge in [0.2, 0.25) is 6.10 Å². The van der Waals surface area contributed by atoms with Gasteiger partial charge in [-0.25, -0.2) is 4.79 Å². The van der Waals surface area contributed by atoms with Crippen molar-refractivity contribution in [1.29, 1.82) is 0 Å². The van der Waals surface area contributed by atoms with Crippen LogP contribution >= 0.6 is 0 Å². The van der Waals surface area contributed by atoms with Crippen LogP contribution in [-0.4, -0.2) is 40.8 Å². The Hall–Kier alpha value is -1.63. The molecule has 0 heterocycles. The van der Waals surface area contributed by atoms with Crippen LogP contribution in [0.3, 0.4) is 0 Å². The summed E-state index contributed by atoms with van der Waals surface area (Å²) in [4.78, 5) is 30.9. The lowest BCUT2D eigenvalue weighted by atomic mass is 10.2. The van der Waals surface area contributed by atoms with Crippen LogP contribution in [0, 0.1) is 0 Å².